The average molecular weight is 303 g/mol. The molecule has 0 spiro atoms. The van der Waals surface area contributed by atoms with Gasteiger partial charge in [-0.15, -0.1) is 11.8 Å². The highest BCUT2D eigenvalue weighted by atomic mass is 32.2. The van der Waals surface area contributed by atoms with E-state index < -0.39 is 0 Å². The molecular weight excluding hydrogens is 282 g/mol. The van der Waals surface area contributed by atoms with Gasteiger partial charge >= 0.3 is 0 Å². The lowest BCUT2D eigenvalue weighted by molar-refractivity contribution is 0.171. The lowest BCUT2D eigenvalue weighted by Crippen LogP contribution is -2.15. The average Bonchev–Trinajstić information content (AvgIpc) is 2.46. The summed E-state index contributed by atoms with van der Waals surface area (Å²) in [6.45, 7) is 11.3. The summed E-state index contributed by atoms with van der Waals surface area (Å²) in [6.07, 6.45) is 2.03. The monoisotopic (exact) mass is 303 g/mol. The maximum Gasteiger partial charge on any atom is 0.161 e. The van der Waals surface area contributed by atoms with Gasteiger partial charge in [0.2, 0.25) is 0 Å². The second kappa shape index (κ2) is 7.36. The highest BCUT2D eigenvalue weighted by Crippen LogP contribution is 2.31. The molecule has 1 aromatic rings. The van der Waals surface area contributed by atoms with E-state index in [-0.39, 0.29) is 0 Å². The van der Waals surface area contributed by atoms with Crippen LogP contribution in [0.2, 0.25) is 0 Å². The van der Waals surface area contributed by atoms with Crippen LogP contribution in [0.5, 0.6) is 11.5 Å². The summed E-state index contributed by atoms with van der Waals surface area (Å²) in [5.74, 6) is 2.61. The van der Waals surface area contributed by atoms with Crippen molar-refractivity contribution in [1.29, 1.82) is 0 Å². The fraction of sp³-hybridized carbons (Fsp3) is 0.353. The van der Waals surface area contributed by atoms with Crippen molar-refractivity contribution in [3.8, 4) is 11.5 Å². The van der Waals surface area contributed by atoms with E-state index >= 15 is 0 Å². The van der Waals surface area contributed by atoms with Crippen molar-refractivity contribution in [2.45, 2.75) is 20.8 Å². The van der Waals surface area contributed by atoms with Gasteiger partial charge in [-0.05, 0) is 48.9 Å². The number of ether oxygens (including phenoxy) is 2. The number of allylic oxidation sites excluding steroid dienone is 1. The van der Waals surface area contributed by atoms with Crippen molar-refractivity contribution in [3.05, 3.63) is 41.6 Å². The van der Waals surface area contributed by atoms with Gasteiger partial charge in [0.25, 0.3) is 0 Å². The molecule has 0 atom stereocenters. The Morgan fingerprint density at radius 2 is 2.00 bits per heavy atom. The van der Waals surface area contributed by atoms with Crippen LogP contribution in [0.25, 0.3) is 6.08 Å². The van der Waals surface area contributed by atoms with Crippen LogP contribution in [0.15, 0.2) is 41.0 Å². The lowest BCUT2D eigenvalue weighted by atomic mass is 10.1. The Bertz CT molecular complexity index is 590. The molecule has 0 N–H and O–H groups in total. The fourth-order valence-corrected chi connectivity index (χ4v) is 2.55. The van der Waals surface area contributed by atoms with Gasteiger partial charge in [-0.3, -0.25) is 0 Å². The number of hydrogen-bond donors (Lipinski definition) is 0. The molecule has 1 aliphatic heterocycles. The first-order valence-electron chi connectivity index (χ1n) is 7.05. The molecule has 0 bridgehead atoms. The number of rotatable bonds is 4. The van der Waals surface area contributed by atoms with Gasteiger partial charge in [0.1, 0.15) is 13.2 Å². The third-order valence-electron chi connectivity index (χ3n) is 2.94. The van der Waals surface area contributed by atoms with Crippen LogP contribution < -0.4 is 9.47 Å². The van der Waals surface area contributed by atoms with Crippen molar-refractivity contribution in [2.75, 3.05) is 19.0 Å². The summed E-state index contributed by atoms with van der Waals surface area (Å²) in [4.78, 5) is 4.64. The first kappa shape index (κ1) is 15.7. The molecule has 0 unspecified atom stereocenters. The van der Waals surface area contributed by atoms with Gasteiger partial charge in [-0.2, -0.15) is 0 Å². The van der Waals surface area contributed by atoms with Crippen LogP contribution in [0.1, 0.15) is 26.3 Å². The Hall–Kier alpha value is -1.68. The quantitative estimate of drug-likeness (QED) is 0.464. The Labute approximate surface area is 130 Å². The SMILES string of the molecule is C=C(C)C(=C/c1ccc2c(c1)OCCO2)/N=C(\C)SCC. The molecule has 0 amide bonds. The van der Waals surface area contributed by atoms with Crippen molar-refractivity contribution >= 4 is 22.9 Å². The second-order valence-electron chi connectivity index (χ2n) is 4.78. The predicted molar refractivity (Wildman–Crippen MR) is 91.5 cm³/mol. The molecule has 1 heterocycles. The second-order valence-corrected chi connectivity index (χ2v) is 6.23. The van der Waals surface area contributed by atoms with E-state index in [1.165, 1.54) is 0 Å². The number of fused-ring (bicyclic) bond motifs is 1. The van der Waals surface area contributed by atoms with E-state index in [1.807, 2.05) is 38.1 Å². The van der Waals surface area contributed by atoms with Gasteiger partial charge in [-0.25, -0.2) is 4.99 Å². The van der Waals surface area contributed by atoms with E-state index in [0.29, 0.717) is 13.2 Å². The summed E-state index contributed by atoms with van der Waals surface area (Å²) in [5, 5.41) is 1.05. The van der Waals surface area contributed by atoms with Crippen LogP contribution in [-0.2, 0) is 0 Å². The topological polar surface area (TPSA) is 30.8 Å². The van der Waals surface area contributed by atoms with Gasteiger partial charge in [0, 0.05) is 0 Å². The van der Waals surface area contributed by atoms with E-state index in [9.17, 15) is 0 Å². The first-order chi connectivity index (χ1) is 10.1. The Kier molecular flexibility index (Phi) is 5.51. The van der Waals surface area contributed by atoms with Crippen LogP contribution in [-0.4, -0.2) is 24.0 Å². The molecule has 0 aromatic heterocycles. The molecule has 0 saturated carbocycles. The minimum atomic E-state index is 0.595. The largest absolute Gasteiger partial charge is 0.486 e. The van der Waals surface area contributed by atoms with Crippen molar-refractivity contribution in [2.24, 2.45) is 4.99 Å². The zero-order chi connectivity index (χ0) is 15.2. The Balaban J connectivity index is 2.30. The standard InChI is InChI=1S/C17H21NO2S/c1-5-21-13(4)18-15(12(2)3)10-14-6-7-16-17(11-14)20-9-8-19-16/h6-7,10-11H,2,5,8-9H2,1,3-4H3/b15-10-,18-13+. The molecule has 3 nitrogen and oxygen atoms in total. The third-order valence-corrected chi connectivity index (χ3v) is 3.74. The van der Waals surface area contributed by atoms with E-state index in [4.69, 9.17) is 9.47 Å². The van der Waals surface area contributed by atoms with E-state index in [2.05, 4.69) is 18.5 Å². The summed E-state index contributed by atoms with van der Waals surface area (Å²) in [5.41, 5.74) is 2.88. The minimum absolute atomic E-state index is 0.595. The molecule has 0 saturated heterocycles. The maximum absolute atomic E-state index is 5.61. The lowest BCUT2D eigenvalue weighted by Gasteiger charge is -2.18. The molecular formula is C17H21NO2S. The zero-order valence-corrected chi connectivity index (χ0v) is 13.6. The highest BCUT2D eigenvalue weighted by molar-refractivity contribution is 8.13. The zero-order valence-electron chi connectivity index (χ0n) is 12.8. The minimum Gasteiger partial charge on any atom is -0.486 e. The van der Waals surface area contributed by atoms with Gasteiger partial charge < -0.3 is 9.47 Å². The predicted octanol–water partition coefficient (Wildman–Crippen LogP) is 4.55. The maximum atomic E-state index is 5.61. The fourth-order valence-electron chi connectivity index (χ4n) is 1.97. The number of hydrogen-bond acceptors (Lipinski definition) is 4. The summed E-state index contributed by atoms with van der Waals surface area (Å²) in [7, 11) is 0. The highest BCUT2D eigenvalue weighted by Gasteiger charge is 2.11. The van der Waals surface area contributed by atoms with Crippen molar-refractivity contribution < 1.29 is 9.47 Å². The first-order valence-corrected chi connectivity index (χ1v) is 8.04. The van der Waals surface area contributed by atoms with Gasteiger partial charge in [0.15, 0.2) is 11.5 Å². The van der Waals surface area contributed by atoms with Crippen LogP contribution in [0.4, 0.5) is 0 Å². The van der Waals surface area contributed by atoms with Crippen molar-refractivity contribution in [3.63, 3.8) is 0 Å². The van der Waals surface area contributed by atoms with E-state index in [0.717, 1.165) is 39.1 Å². The number of benzene rings is 1. The molecule has 0 aliphatic carbocycles. The van der Waals surface area contributed by atoms with Crippen LogP contribution in [0.3, 0.4) is 0 Å². The van der Waals surface area contributed by atoms with E-state index in [1.54, 1.807) is 11.8 Å². The summed E-state index contributed by atoms with van der Waals surface area (Å²) < 4.78 is 11.1. The third kappa shape index (κ3) is 4.39. The number of nitrogens with zero attached hydrogens (tertiary/aromatic N) is 1. The summed E-state index contributed by atoms with van der Waals surface area (Å²) >= 11 is 1.73. The van der Waals surface area contributed by atoms with Crippen molar-refractivity contribution in [1.82, 2.24) is 0 Å². The van der Waals surface area contributed by atoms with Gasteiger partial charge in [-0.1, -0.05) is 19.6 Å². The number of aliphatic imine (C=N–C) groups is 1. The molecule has 0 radical (unpaired) electrons. The van der Waals surface area contributed by atoms with Gasteiger partial charge in [0.05, 0.1) is 10.7 Å². The smallest absolute Gasteiger partial charge is 0.161 e. The molecule has 1 aromatic carbocycles. The molecule has 1 aliphatic rings. The summed E-state index contributed by atoms with van der Waals surface area (Å²) in [6, 6.07) is 5.93. The normalized spacial score (nSPS) is 15.0. The number of thioether (sulfide) groups is 1. The molecule has 0 fully saturated rings. The molecule has 112 valence electrons. The molecule has 4 heteroatoms. The Morgan fingerprint density at radius 3 is 2.67 bits per heavy atom. The Morgan fingerprint density at radius 1 is 1.29 bits per heavy atom. The molecule has 21 heavy (non-hydrogen) atoms. The van der Waals surface area contributed by atoms with Crippen LogP contribution >= 0.6 is 11.8 Å². The van der Waals surface area contributed by atoms with Crippen LogP contribution in [0, 0.1) is 0 Å². The molecule has 2 rings (SSSR count).